The first-order valence-electron chi connectivity index (χ1n) is 10.9. The Labute approximate surface area is 176 Å². The van der Waals surface area contributed by atoms with Crippen molar-refractivity contribution in [2.45, 2.75) is 62.3 Å². The Kier molecular flexibility index (Phi) is 4.84. The number of benzene rings is 1. The topological polar surface area (TPSA) is 99.1 Å². The van der Waals surface area contributed by atoms with Crippen molar-refractivity contribution >= 4 is 27.5 Å². The zero-order valence-electron chi connectivity index (χ0n) is 16.9. The van der Waals surface area contributed by atoms with Crippen molar-refractivity contribution < 1.29 is 18.3 Å². The summed E-state index contributed by atoms with van der Waals surface area (Å²) in [6, 6.07) is 6.10. The molecule has 2 aliphatic heterocycles. The third-order valence-corrected chi connectivity index (χ3v) is 8.12. The number of carbonyl (C=O) groups is 1. The van der Waals surface area contributed by atoms with Crippen LogP contribution in [-0.4, -0.2) is 42.8 Å². The maximum Gasteiger partial charge on any atom is 0.286 e. The predicted octanol–water partition coefficient (Wildman–Crippen LogP) is 3.60. The van der Waals surface area contributed by atoms with Gasteiger partial charge in [-0.25, -0.2) is 0 Å². The van der Waals surface area contributed by atoms with Crippen molar-refractivity contribution in [3.63, 3.8) is 0 Å². The molecule has 2 N–H and O–H groups in total. The highest BCUT2D eigenvalue weighted by Crippen LogP contribution is 2.40. The van der Waals surface area contributed by atoms with Crippen LogP contribution in [0.25, 0.3) is 0 Å². The molecule has 2 heterocycles. The van der Waals surface area contributed by atoms with E-state index in [1.165, 1.54) is 25.3 Å². The number of rotatable bonds is 5. The number of hydrogen-bond donors (Lipinski definition) is 2. The van der Waals surface area contributed by atoms with Crippen LogP contribution in [0.15, 0.2) is 44.9 Å². The van der Waals surface area contributed by atoms with Gasteiger partial charge >= 0.3 is 0 Å². The van der Waals surface area contributed by atoms with Crippen LogP contribution in [0.1, 0.15) is 51.4 Å². The number of sulfonamides is 1. The van der Waals surface area contributed by atoms with Crippen LogP contribution < -0.4 is 5.32 Å². The maximum absolute atomic E-state index is 13.4. The molecule has 2 fully saturated rings. The zero-order chi connectivity index (χ0) is 20.9. The second-order valence-corrected chi connectivity index (χ2v) is 10.4. The molecule has 1 atom stereocenters. The summed E-state index contributed by atoms with van der Waals surface area (Å²) in [4.78, 5) is 15.3. The monoisotopic (exact) mass is 429 g/mol. The normalized spacial score (nSPS) is 26.4. The van der Waals surface area contributed by atoms with Crippen LogP contribution >= 0.6 is 0 Å². The van der Waals surface area contributed by atoms with Gasteiger partial charge in [0.25, 0.3) is 15.9 Å². The average Bonchev–Trinajstić information content (AvgIpc) is 3.52. The van der Waals surface area contributed by atoms with Crippen molar-refractivity contribution in [2.24, 2.45) is 16.2 Å². The van der Waals surface area contributed by atoms with Gasteiger partial charge in [0.2, 0.25) is 0 Å². The summed E-state index contributed by atoms with van der Waals surface area (Å²) in [6.07, 6.45) is 8.63. The Balaban J connectivity index is 1.52. The van der Waals surface area contributed by atoms with Crippen LogP contribution in [0.2, 0.25) is 0 Å². The van der Waals surface area contributed by atoms with Crippen LogP contribution in [0.3, 0.4) is 0 Å². The number of hydrogen-bond acceptors (Lipinski definition) is 5. The van der Waals surface area contributed by atoms with Gasteiger partial charge in [0.05, 0.1) is 11.7 Å². The van der Waals surface area contributed by atoms with E-state index in [9.17, 15) is 18.3 Å². The fourth-order valence-corrected chi connectivity index (χ4v) is 6.14. The van der Waals surface area contributed by atoms with Gasteiger partial charge in [0.15, 0.2) is 5.84 Å². The molecule has 160 valence electrons. The Morgan fingerprint density at radius 2 is 1.83 bits per heavy atom. The number of fused-ring (bicyclic) bond motifs is 1. The molecular formula is C22H27N3O4S. The van der Waals surface area contributed by atoms with Crippen molar-refractivity contribution in [3.05, 3.63) is 35.6 Å². The lowest BCUT2D eigenvalue weighted by molar-refractivity contribution is -0.127. The molecule has 7 nitrogen and oxygen atoms in total. The number of nitrogens with zero attached hydrogens (tertiary/aromatic N) is 2. The molecule has 1 aromatic carbocycles. The molecule has 0 radical (unpaired) electrons. The smallest absolute Gasteiger partial charge is 0.286 e. The molecule has 0 aromatic heterocycles. The van der Waals surface area contributed by atoms with E-state index in [4.69, 9.17) is 0 Å². The van der Waals surface area contributed by atoms with Gasteiger partial charge in [-0.05, 0) is 43.2 Å². The summed E-state index contributed by atoms with van der Waals surface area (Å²) in [5.74, 6) is 0.458. The fourth-order valence-electron chi connectivity index (χ4n) is 5.02. The van der Waals surface area contributed by atoms with E-state index < -0.39 is 10.0 Å². The number of aliphatic hydroxyl groups is 1. The van der Waals surface area contributed by atoms with Crippen molar-refractivity contribution in [1.29, 1.82) is 0 Å². The number of anilines is 1. The Morgan fingerprint density at radius 3 is 2.57 bits per heavy atom. The molecule has 4 aliphatic rings. The molecule has 0 unspecified atom stereocenters. The summed E-state index contributed by atoms with van der Waals surface area (Å²) in [5.41, 5.74) is 0.390. The first-order chi connectivity index (χ1) is 14.5. The highest BCUT2D eigenvalue weighted by atomic mass is 32.2. The lowest BCUT2D eigenvalue weighted by atomic mass is 9.83. The van der Waals surface area contributed by atoms with E-state index in [0.29, 0.717) is 18.2 Å². The molecule has 1 aromatic rings. The van der Waals surface area contributed by atoms with Gasteiger partial charge in [-0.15, -0.1) is 4.40 Å². The highest BCUT2D eigenvalue weighted by molar-refractivity contribution is 7.90. The van der Waals surface area contributed by atoms with E-state index in [0.717, 1.165) is 32.1 Å². The summed E-state index contributed by atoms with van der Waals surface area (Å²) in [7, 11) is -3.94. The third-order valence-electron chi connectivity index (χ3n) is 6.78. The minimum Gasteiger partial charge on any atom is -0.509 e. The second-order valence-electron chi connectivity index (χ2n) is 8.87. The number of aliphatic hydroxyl groups excluding tert-OH is 1. The molecule has 2 aliphatic carbocycles. The van der Waals surface area contributed by atoms with Gasteiger partial charge in [-0.3, -0.25) is 4.79 Å². The van der Waals surface area contributed by atoms with E-state index in [1.54, 1.807) is 23.1 Å². The molecule has 0 saturated heterocycles. The molecular weight excluding hydrogens is 402 g/mol. The number of para-hydroxylation sites is 1. The van der Waals surface area contributed by atoms with E-state index in [-0.39, 0.29) is 39.9 Å². The van der Waals surface area contributed by atoms with Crippen molar-refractivity contribution in [1.82, 2.24) is 4.90 Å². The Hall–Kier alpha value is -2.35. The van der Waals surface area contributed by atoms with Crippen LogP contribution in [-0.2, 0) is 14.8 Å². The number of amides is 1. The van der Waals surface area contributed by atoms with Crippen LogP contribution in [0.4, 0.5) is 5.69 Å². The van der Waals surface area contributed by atoms with Gasteiger partial charge in [0, 0.05) is 6.54 Å². The van der Waals surface area contributed by atoms with Gasteiger partial charge in [0.1, 0.15) is 16.2 Å². The Bertz CT molecular complexity index is 1040. The summed E-state index contributed by atoms with van der Waals surface area (Å²) in [5, 5.41) is 14.2. The standard InChI is InChI=1S/C22H27N3O4S/c26-20-18(21-23-16-8-4-5-9-17(16)30(28,29)24-21)22(27)25(13-12-14-10-11-14)19(20)15-6-2-1-3-7-15/h4-5,8-9,14-15,19,26H,1-3,6-7,10-13H2,(H,23,24)/t19-/m0/s1. The number of carbonyl (C=O) groups excluding carboxylic acids is 1. The minimum atomic E-state index is -3.94. The van der Waals surface area contributed by atoms with Crippen LogP contribution in [0, 0.1) is 11.8 Å². The van der Waals surface area contributed by atoms with Gasteiger partial charge in [-0.2, -0.15) is 8.42 Å². The SMILES string of the molecule is O=C1C(C2=NS(=O)(=O)c3ccccc3N2)=C(O)[C@H](C2CCCCC2)N1CCC1CC1. The lowest BCUT2D eigenvalue weighted by Gasteiger charge is -2.34. The first-order valence-corrected chi connectivity index (χ1v) is 12.4. The van der Waals surface area contributed by atoms with E-state index >= 15 is 0 Å². The highest BCUT2D eigenvalue weighted by Gasteiger charge is 2.46. The quantitative estimate of drug-likeness (QED) is 0.745. The molecule has 0 bridgehead atoms. The average molecular weight is 430 g/mol. The molecule has 2 saturated carbocycles. The second kappa shape index (κ2) is 7.41. The van der Waals surface area contributed by atoms with E-state index in [1.807, 2.05) is 0 Å². The molecule has 30 heavy (non-hydrogen) atoms. The maximum atomic E-state index is 13.4. The van der Waals surface area contributed by atoms with Crippen molar-refractivity contribution in [3.8, 4) is 0 Å². The third kappa shape index (κ3) is 3.41. The number of amidine groups is 1. The first kappa shape index (κ1) is 19.6. The summed E-state index contributed by atoms with van der Waals surface area (Å²) in [6.45, 7) is 0.592. The summed E-state index contributed by atoms with van der Waals surface area (Å²) >= 11 is 0. The zero-order valence-corrected chi connectivity index (χ0v) is 17.7. The predicted molar refractivity (Wildman–Crippen MR) is 114 cm³/mol. The number of nitrogens with one attached hydrogen (secondary N) is 1. The van der Waals surface area contributed by atoms with Gasteiger partial charge < -0.3 is 15.3 Å². The molecule has 5 rings (SSSR count). The molecule has 8 heteroatoms. The van der Waals surface area contributed by atoms with Crippen molar-refractivity contribution in [2.75, 3.05) is 11.9 Å². The molecule has 1 amide bonds. The molecule has 0 spiro atoms. The largest absolute Gasteiger partial charge is 0.509 e. The van der Waals surface area contributed by atoms with Crippen LogP contribution in [0.5, 0.6) is 0 Å². The summed E-state index contributed by atoms with van der Waals surface area (Å²) < 4.78 is 29.2. The fraction of sp³-hybridized carbons (Fsp3) is 0.545. The Morgan fingerprint density at radius 1 is 1.10 bits per heavy atom. The lowest BCUT2D eigenvalue weighted by Crippen LogP contribution is -2.42. The van der Waals surface area contributed by atoms with Gasteiger partial charge in [-0.1, -0.05) is 44.2 Å². The minimum absolute atomic E-state index is 0.0134. The van der Waals surface area contributed by atoms with E-state index in [2.05, 4.69) is 9.71 Å².